The van der Waals surface area contributed by atoms with Crippen molar-refractivity contribution in [3.63, 3.8) is 0 Å². The van der Waals surface area contributed by atoms with Crippen molar-refractivity contribution in [2.24, 2.45) is 5.73 Å². The van der Waals surface area contributed by atoms with Gasteiger partial charge in [0.1, 0.15) is 12.4 Å². The van der Waals surface area contributed by atoms with E-state index in [1.165, 1.54) is 0 Å². The normalized spacial score (nSPS) is 20.7. The van der Waals surface area contributed by atoms with Crippen LogP contribution in [0, 0.1) is 0 Å². The number of benzene rings is 1. The number of ether oxygens (including phenoxy) is 1. The molecule has 0 aliphatic carbocycles. The van der Waals surface area contributed by atoms with Crippen LogP contribution in [0.3, 0.4) is 0 Å². The highest BCUT2D eigenvalue weighted by atomic mass is 16.5. The highest BCUT2D eigenvalue weighted by molar-refractivity contribution is 5.98. The van der Waals surface area contributed by atoms with E-state index in [2.05, 4.69) is 20.4 Å². The van der Waals surface area contributed by atoms with Crippen molar-refractivity contribution in [3.05, 3.63) is 41.6 Å². The number of carbonyl (C=O) groups excluding carboxylic acids is 1. The third-order valence-electron chi connectivity index (χ3n) is 4.81. The number of rotatable bonds is 3. The number of amides is 1. The third-order valence-corrected chi connectivity index (χ3v) is 4.81. The predicted octanol–water partition coefficient (Wildman–Crippen LogP) is 1.19. The first-order chi connectivity index (χ1) is 12.7. The number of piperidine rings is 1. The van der Waals surface area contributed by atoms with Gasteiger partial charge < -0.3 is 15.8 Å². The summed E-state index contributed by atoms with van der Waals surface area (Å²) in [5.74, 6) is 0.486. The van der Waals surface area contributed by atoms with Gasteiger partial charge in [-0.15, -0.1) is 0 Å². The molecule has 7 nitrogen and oxygen atoms in total. The van der Waals surface area contributed by atoms with Gasteiger partial charge in [0, 0.05) is 24.7 Å². The summed E-state index contributed by atoms with van der Waals surface area (Å²) in [6.45, 7) is 3.71. The first kappa shape index (κ1) is 16.9. The maximum atomic E-state index is 12.1. The summed E-state index contributed by atoms with van der Waals surface area (Å²) in [4.78, 5) is 14.5. The number of nitrogens with one attached hydrogen (secondary N) is 1. The maximum Gasteiger partial charge on any atom is 0.255 e. The van der Waals surface area contributed by atoms with Gasteiger partial charge in [-0.05, 0) is 49.7 Å². The number of hydrogen-bond acceptors (Lipinski definition) is 6. The van der Waals surface area contributed by atoms with E-state index in [9.17, 15) is 4.79 Å². The van der Waals surface area contributed by atoms with Crippen molar-refractivity contribution >= 4 is 5.91 Å². The molecular formula is C19H23N5O2. The van der Waals surface area contributed by atoms with Crippen molar-refractivity contribution in [2.45, 2.75) is 25.4 Å². The number of nitrogens with two attached hydrogens (primary N) is 1. The Morgan fingerprint density at radius 2 is 2.19 bits per heavy atom. The summed E-state index contributed by atoms with van der Waals surface area (Å²) in [6.07, 6.45) is 2.22. The molecule has 3 heterocycles. The van der Waals surface area contributed by atoms with Crippen molar-refractivity contribution < 1.29 is 9.53 Å². The molecule has 2 aliphatic rings. The number of likely N-dealkylation sites (tertiary alicyclic amines) is 1. The molecule has 2 aromatic rings. The van der Waals surface area contributed by atoms with Gasteiger partial charge in [-0.2, -0.15) is 10.2 Å². The fourth-order valence-corrected chi connectivity index (χ4v) is 3.48. The first-order valence-corrected chi connectivity index (χ1v) is 9.05. The fourth-order valence-electron chi connectivity index (χ4n) is 3.48. The summed E-state index contributed by atoms with van der Waals surface area (Å²) in [7, 11) is 0. The van der Waals surface area contributed by atoms with Gasteiger partial charge in [-0.1, -0.05) is 0 Å². The fraction of sp³-hybridized carbons (Fsp3) is 0.421. The number of nitrogens with zero attached hydrogens (tertiary/aromatic N) is 3. The van der Waals surface area contributed by atoms with E-state index in [0.717, 1.165) is 49.4 Å². The van der Waals surface area contributed by atoms with Gasteiger partial charge in [0.15, 0.2) is 0 Å². The van der Waals surface area contributed by atoms with Gasteiger partial charge in [-0.3, -0.25) is 9.69 Å². The van der Waals surface area contributed by atoms with Crippen LogP contribution in [0.25, 0.3) is 11.3 Å². The number of fused-ring (bicyclic) bond motifs is 1. The van der Waals surface area contributed by atoms with Gasteiger partial charge in [-0.25, -0.2) is 0 Å². The van der Waals surface area contributed by atoms with Gasteiger partial charge >= 0.3 is 0 Å². The molecule has 0 saturated carbocycles. The largest absolute Gasteiger partial charge is 0.491 e. The maximum absolute atomic E-state index is 12.1. The van der Waals surface area contributed by atoms with Crippen molar-refractivity contribution in [1.82, 2.24) is 20.4 Å². The molecule has 4 rings (SSSR count). The summed E-state index contributed by atoms with van der Waals surface area (Å²) < 4.78 is 5.59. The lowest BCUT2D eigenvalue weighted by Crippen LogP contribution is -2.42. The Hall–Kier alpha value is -2.51. The highest BCUT2D eigenvalue weighted by Gasteiger charge is 2.19. The van der Waals surface area contributed by atoms with Crippen LogP contribution in [0.15, 0.2) is 30.3 Å². The van der Waals surface area contributed by atoms with Gasteiger partial charge in [0.25, 0.3) is 5.91 Å². The van der Waals surface area contributed by atoms with Crippen molar-refractivity contribution in [1.29, 1.82) is 0 Å². The van der Waals surface area contributed by atoms with E-state index in [1.54, 1.807) is 0 Å². The quantitative estimate of drug-likeness (QED) is 0.861. The Bertz CT molecular complexity index is 793. The lowest BCUT2D eigenvalue weighted by atomic mass is 10.1. The molecule has 26 heavy (non-hydrogen) atoms. The van der Waals surface area contributed by atoms with Crippen molar-refractivity contribution in [2.75, 3.05) is 26.2 Å². The molecule has 0 spiro atoms. The first-order valence-electron chi connectivity index (χ1n) is 9.05. The Morgan fingerprint density at radius 1 is 1.27 bits per heavy atom. The molecule has 0 bridgehead atoms. The Balaban J connectivity index is 1.51. The highest BCUT2D eigenvalue weighted by Crippen LogP contribution is 2.26. The monoisotopic (exact) mass is 353 g/mol. The standard InChI is InChI=1S/C19H23N5O2/c20-14-2-1-8-24(11-14)12-15-4-5-17(23-22-15)13-3-6-18-16(10-13)19(25)21-7-9-26-18/h3-6,10,14H,1-2,7-9,11-12,20H2,(H,21,25). The third kappa shape index (κ3) is 3.68. The van der Waals surface area contributed by atoms with E-state index in [4.69, 9.17) is 10.5 Å². The Kier molecular flexibility index (Phi) is 4.81. The second-order valence-corrected chi connectivity index (χ2v) is 6.86. The lowest BCUT2D eigenvalue weighted by Gasteiger charge is -2.30. The SMILES string of the molecule is NC1CCCN(Cc2ccc(-c3ccc4c(c3)C(=O)NCCO4)nn2)C1. The molecule has 2 aliphatic heterocycles. The van der Waals surface area contributed by atoms with Crippen LogP contribution in [0.5, 0.6) is 5.75 Å². The average molecular weight is 353 g/mol. The Labute approximate surface area is 152 Å². The zero-order chi connectivity index (χ0) is 17.9. The molecule has 1 unspecified atom stereocenters. The van der Waals surface area contributed by atoms with Crippen LogP contribution in [0.1, 0.15) is 28.9 Å². The summed E-state index contributed by atoms with van der Waals surface area (Å²) in [5, 5.41) is 11.5. The van der Waals surface area contributed by atoms with Crippen LogP contribution in [0.4, 0.5) is 0 Å². The second kappa shape index (κ2) is 7.39. The minimum Gasteiger partial charge on any atom is -0.491 e. The molecule has 136 valence electrons. The van der Waals surface area contributed by atoms with E-state index in [1.807, 2.05) is 30.3 Å². The van der Waals surface area contributed by atoms with E-state index in [-0.39, 0.29) is 11.9 Å². The zero-order valence-corrected chi connectivity index (χ0v) is 14.6. The molecule has 1 aromatic heterocycles. The van der Waals surface area contributed by atoms with Gasteiger partial charge in [0.05, 0.1) is 23.5 Å². The molecular weight excluding hydrogens is 330 g/mol. The molecule has 3 N–H and O–H groups in total. The molecule has 1 aromatic carbocycles. The number of hydrogen-bond donors (Lipinski definition) is 2. The summed E-state index contributed by atoms with van der Waals surface area (Å²) in [6, 6.07) is 9.73. The van der Waals surface area contributed by atoms with Crippen LogP contribution < -0.4 is 15.8 Å². The van der Waals surface area contributed by atoms with E-state index < -0.39 is 0 Å². The number of aromatic nitrogens is 2. The van der Waals surface area contributed by atoms with Crippen LogP contribution >= 0.6 is 0 Å². The molecule has 7 heteroatoms. The molecule has 1 amide bonds. The lowest BCUT2D eigenvalue weighted by molar-refractivity contribution is 0.0957. The molecule has 1 fully saturated rings. The van der Waals surface area contributed by atoms with Crippen LogP contribution in [-0.2, 0) is 6.54 Å². The number of carbonyl (C=O) groups is 1. The Morgan fingerprint density at radius 3 is 3.00 bits per heavy atom. The molecule has 1 atom stereocenters. The second-order valence-electron chi connectivity index (χ2n) is 6.86. The van der Waals surface area contributed by atoms with Gasteiger partial charge in [0.2, 0.25) is 0 Å². The molecule has 1 saturated heterocycles. The van der Waals surface area contributed by atoms with E-state index in [0.29, 0.717) is 24.5 Å². The minimum absolute atomic E-state index is 0.120. The van der Waals surface area contributed by atoms with Crippen molar-refractivity contribution in [3.8, 4) is 17.0 Å². The topological polar surface area (TPSA) is 93.4 Å². The smallest absolute Gasteiger partial charge is 0.255 e. The predicted molar refractivity (Wildman–Crippen MR) is 97.8 cm³/mol. The summed E-state index contributed by atoms with van der Waals surface area (Å²) >= 11 is 0. The van der Waals surface area contributed by atoms with E-state index >= 15 is 0 Å². The van der Waals surface area contributed by atoms with Crippen LogP contribution in [-0.4, -0.2) is 53.3 Å². The zero-order valence-electron chi connectivity index (χ0n) is 14.6. The summed E-state index contributed by atoms with van der Waals surface area (Å²) in [5.41, 5.74) is 9.09. The average Bonchev–Trinajstić information content (AvgIpc) is 2.84. The molecule has 0 radical (unpaired) electrons. The van der Waals surface area contributed by atoms with Crippen LogP contribution in [0.2, 0.25) is 0 Å². The minimum atomic E-state index is -0.120.